The summed E-state index contributed by atoms with van der Waals surface area (Å²) in [7, 11) is 1.67. The molecule has 1 aliphatic carbocycles. The molecule has 1 N–H and O–H groups in total. The van der Waals surface area contributed by atoms with Gasteiger partial charge in [0, 0.05) is 50.6 Å². The van der Waals surface area contributed by atoms with Crippen LogP contribution in [0.15, 0.2) is 95.0 Å². The maximum absolute atomic E-state index is 14.9. The molecule has 2 aromatic rings. The second-order valence-electron chi connectivity index (χ2n) is 10.3. The third kappa shape index (κ3) is 7.75. The van der Waals surface area contributed by atoms with Crippen molar-refractivity contribution in [2.24, 2.45) is 10.4 Å². The number of nitrogens with zero attached hydrogens (tertiary/aromatic N) is 2. The van der Waals surface area contributed by atoms with Crippen molar-refractivity contribution in [2.45, 2.75) is 51.9 Å². The van der Waals surface area contributed by atoms with Gasteiger partial charge in [-0.25, -0.2) is 23.1 Å². The lowest BCUT2D eigenvalue weighted by Gasteiger charge is -2.25. The van der Waals surface area contributed by atoms with E-state index in [1.54, 1.807) is 37.7 Å². The number of nitrogens with one attached hydrogen (secondary N) is 1. The van der Waals surface area contributed by atoms with Crippen molar-refractivity contribution in [3.8, 4) is 11.1 Å². The number of alkyl halides is 2. The number of aromatic nitrogens is 1. The number of rotatable bonds is 14. The van der Waals surface area contributed by atoms with Gasteiger partial charge in [-0.3, -0.25) is 4.79 Å². The van der Waals surface area contributed by atoms with Crippen molar-refractivity contribution >= 4 is 17.8 Å². The van der Waals surface area contributed by atoms with Crippen LogP contribution in [0.4, 0.5) is 19.0 Å². The third-order valence-corrected chi connectivity index (χ3v) is 7.14. The molecule has 1 aromatic carbocycles. The summed E-state index contributed by atoms with van der Waals surface area (Å²) in [5.74, 6) is -2.31. The Morgan fingerprint density at radius 2 is 2.05 bits per heavy atom. The molecule has 0 bridgehead atoms. The van der Waals surface area contributed by atoms with E-state index in [4.69, 9.17) is 9.47 Å². The maximum atomic E-state index is 14.9. The van der Waals surface area contributed by atoms with Crippen LogP contribution < -0.4 is 5.32 Å². The number of allylic oxidation sites excluding steroid dienone is 6. The fourth-order valence-corrected chi connectivity index (χ4v) is 4.56. The summed E-state index contributed by atoms with van der Waals surface area (Å²) in [6.07, 6.45) is 13.0. The number of pyridine rings is 1. The smallest absolute Gasteiger partial charge is 0.257 e. The molecule has 1 fully saturated rings. The zero-order valence-corrected chi connectivity index (χ0v) is 23.9. The molecule has 2 heterocycles. The minimum Gasteiger partial charge on any atom is -0.460 e. The van der Waals surface area contributed by atoms with Crippen LogP contribution in [0.1, 0.15) is 45.1 Å². The first-order chi connectivity index (χ1) is 20.1. The lowest BCUT2D eigenvalue weighted by molar-refractivity contribution is -0.114. The third-order valence-electron chi connectivity index (χ3n) is 7.14. The minimum absolute atomic E-state index is 0.151. The number of halogens is 3. The van der Waals surface area contributed by atoms with E-state index < -0.39 is 17.2 Å². The molecule has 0 unspecified atom stereocenters. The number of anilines is 1. The Morgan fingerprint density at radius 1 is 1.26 bits per heavy atom. The van der Waals surface area contributed by atoms with Gasteiger partial charge in [-0.05, 0) is 86.2 Å². The molecule has 4 rings (SSSR count). The van der Waals surface area contributed by atoms with Gasteiger partial charge < -0.3 is 14.8 Å². The number of unbranched alkanes of at least 4 members (excludes halogenated alkanes) is 1. The summed E-state index contributed by atoms with van der Waals surface area (Å²) in [5, 5.41) is 3.17. The lowest BCUT2D eigenvalue weighted by Crippen LogP contribution is -2.29. The lowest BCUT2D eigenvalue weighted by atomic mass is 9.94. The first-order valence-electron chi connectivity index (χ1n) is 13.8. The molecular formula is C33H34F3N3O3. The number of carbonyl (C=O) groups excluding carboxylic acids is 1. The Bertz CT molecular complexity index is 1470. The zero-order valence-electron chi connectivity index (χ0n) is 23.9. The van der Waals surface area contributed by atoms with Crippen LogP contribution in [0.2, 0.25) is 0 Å². The summed E-state index contributed by atoms with van der Waals surface area (Å²) in [6.45, 7) is 3.39. The highest BCUT2D eigenvalue weighted by molar-refractivity contribution is 5.92. The Labute approximate surface area is 244 Å². The second-order valence-corrected chi connectivity index (χ2v) is 10.3. The van der Waals surface area contributed by atoms with Gasteiger partial charge >= 0.3 is 0 Å². The first-order valence-corrected chi connectivity index (χ1v) is 13.8. The average Bonchev–Trinajstić information content (AvgIpc) is 3.79. The number of ether oxygens (including phenoxy) is 2. The molecule has 6 nitrogen and oxygen atoms in total. The molecule has 1 aliphatic heterocycles. The molecule has 1 saturated carbocycles. The highest BCUT2D eigenvalue weighted by Gasteiger charge is 2.63. The van der Waals surface area contributed by atoms with Crippen LogP contribution in [0, 0.1) is 11.2 Å². The summed E-state index contributed by atoms with van der Waals surface area (Å²) >= 11 is 0. The van der Waals surface area contributed by atoms with E-state index in [9.17, 15) is 18.0 Å². The van der Waals surface area contributed by atoms with Gasteiger partial charge in [0.1, 0.15) is 29.5 Å². The topological polar surface area (TPSA) is 72.8 Å². The Hall–Kier alpha value is -4.20. The Morgan fingerprint density at radius 3 is 2.69 bits per heavy atom. The summed E-state index contributed by atoms with van der Waals surface area (Å²) < 4.78 is 53.5. The van der Waals surface area contributed by atoms with Crippen LogP contribution in [0.5, 0.6) is 0 Å². The highest BCUT2D eigenvalue weighted by atomic mass is 19.3. The summed E-state index contributed by atoms with van der Waals surface area (Å²) in [6, 6.07) is 8.30. The largest absolute Gasteiger partial charge is 0.460 e. The van der Waals surface area contributed by atoms with E-state index in [0.717, 1.165) is 19.8 Å². The van der Waals surface area contributed by atoms with Crippen molar-refractivity contribution < 1.29 is 27.4 Å². The molecular weight excluding hydrogens is 543 g/mol. The second kappa shape index (κ2) is 13.6. The van der Waals surface area contributed by atoms with Gasteiger partial charge in [0.25, 0.3) is 5.92 Å². The SMILES string of the molecule is CC=N/C(=C\CCCOC)Nc1ccc(-c2ccc(CC(=O)/C=C/C3=C=COC(C4(C(C)(F)F)CC4)=C3)c(F)c2)cn1. The van der Waals surface area contributed by atoms with Crippen molar-refractivity contribution in [1.82, 2.24) is 4.98 Å². The number of aliphatic imine (C=N–C) groups is 1. The van der Waals surface area contributed by atoms with Gasteiger partial charge in [-0.15, -0.1) is 0 Å². The number of methoxy groups -OCH3 is 1. The monoisotopic (exact) mass is 577 g/mol. The number of carbonyl (C=O) groups is 1. The fourth-order valence-electron chi connectivity index (χ4n) is 4.56. The van der Waals surface area contributed by atoms with Gasteiger partial charge in [0.2, 0.25) is 0 Å². The van der Waals surface area contributed by atoms with Crippen LogP contribution in [0.25, 0.3) is 11.1 Å². The van der Waals surface area contributed by atoms with Crippen LogP contribution in [-0.4, -0.2) is 36.6 Å². The fraction of sp³-hybridized carbons (Fsp3) is 0.333. The van der Waals surface area contributed by atoms with Gasteiger partial charge in [-0.2, -0.15) is 0 Å². The van der Waals surface area contributed by atoms with E-state index in [0.29, 0.717) is 47.8 Å². The van der Waals surface area contributed by atoms with Crippen molar-refractivity contribution in [2.75, 3.05) is 19.0 Å². The zero-order chi connectivity index (χ0) is 30.2. The molecule has 220 valence electrons. The molecule has 0 radical (unpaired) electrons. The van der Waals surface area contributed by atoms with Gasteiger partial charge in [-0.1, -0.05) is 17.9 Å². The van der Waals surface area contributed by atoms with Crippen LogP contribution in [0.3, 0.4) is 0 Å². The molecule has 0 spiro atoms. The predicted molar refractivity (Wildman–Crippen MR) is 158 cm³/mol. The minimum atomic E-state index is -2.91. The predicted octanol–water partition coefficient (Wildman–Crippen LogP) is 7.71. The van der Waals surface area contributed by atoms with Gasteiger partial charge in [0.15, 0.2) is 5.78 Å². The molecule has 0 atom stereocenters. The first kappa shape index (κ1) is 30.8. The highest BCUT2D eigenvalue weighted by Crippen LogP contribution is 2.62. The summed E-state index contributed by atoms with van der Waals surface area (Å²) in [5.41, 5.74) is 3.52. The van der Waals surface area contributed by atoms with E-state index in [-0.39, 0.29) is 23.5 Å². The average molecular weight is 578 g/mol. The maximum Gasteiger partial charge on any atom is 0.257 e. The molecule has 42 heavy (non-hydrogen) atoms. The number of benzene rings is 1. The quantitative estimate of drug-likeness (QED) is 0.108. The Balaban J connectivity index is 1.37. The van der Waals surface area contributed by atoms with Crippen LogP contribution >= 0.6 is 0 Å². The van der Waals surface area contributed by atoms with Gasteiger partial charge in [0.05, 0.1) is 5.41 Å². The molecule has 1 aromatic heterocycles. The molecule has 0 saturated heterocycles. The molecule has 9 heteroatoms. The van der Waals surface area contributed by atoms with Crippen molar-refractivity contribution in [3.05, 3.63) is 101 Å². The number of hydrogen-bond acceptors (Lipinski definition) is 6. The molecule has 0 amide bonds. The van der Waals surface area contributed by atoms with E-state index in [1.165, 1.54) is 30.6 Å². The number of ketones is 1. The number of hydrogen-bond donors (Lipinski definition) is 1. The van der Waals surface area contributed by atoms with E-state index in [2.05, 4.69) is 21.0 Å². The standard InChI is InChI=1S/C33H34F3N3O3/c1-4-37-30(7-5-6-17-41-3)39-31-13-11-26(22-38-31)24-9-10-25(28(34)21-24)20-27(40)12-8-23-14-18-42-29(19-23)33(15-16-33)32(2,35)36/h4,7-13,18-19,21-22H,5-6,15-17,20H2,1-3H3,(H,38,39)/b12-8+,30-7+,37-4?. The summed E-state index contributed by atoms with van der Waals surface area (Å²) in [4.78, 5) is 21.3. The van der Waals surface area contributed by atoms with E-state index in [1.807, 2.05) is 19.1 Å². The van der Waals surface area contributed by atoms with Crippen molar-refractivity contribution in [1.29, 1.82) is 0 Å². The Kier molecular flexibility index (Phi) is 9.99. The molecule has 2 aliphatic rings. The normalized spacial score (nSPS) is 16.4. The van der Waals surface area contributed by atoms with E-state index >= 15 is 0 Å². The van der Waals surface area contributed by atoms with Crippen molar-refractivity contribution in [3.63, 3.8) is 0 Å². The van der Waals surface area contributed by atoms with Crippen LogP contribution in [-0.2, 0) is 20.7 Å².